The van der Waals surface area contributed by atoms with Gasteiger partial charge in [-0.2, -0.15) is 0 Å². The van der Waals surface area contributed by atoms with Gasteiger partial charge in [-0.3, -0.25) is 4.79 Å². The SMILES string of the molecule is O=C(NC1CC=CCC1)c1ccc2ccccc2c1O. The normalized spacial score (nSPS) is 18.1. The van der Waals surface area contributed by atoms with Crippen molar-refractivity contribution in [1.82, 2.24) is 5.32 Å². The zero-order valence-corrected chi connectivity index (χ0v) is 11.2. The summed E-state index contributed by atoms with van der Waals surface area (Å²) in [7, 11) is 0. The zero-order valence-electron chi connectivity index (χ0n) is 11.2. The Hall–Kier alpha value is -2.29. The fourth-order valence-corrected chi connectivity index (χ4v) is 2.63. The number of carbonyl (C=O) groups excluding carboxylic acids is 1. The van der Waals surface area contributed by atoms with E-state index in [9.17, 15) is 9.90 Å². The van der Waals surface area contributed by atoms with Gasteiger partial charge >= 0.3 is 0 Å². The van der Waals surface area contributed by atoms with Crippen LogP contribution in [0.3, 0.4) is 0 Å². The molecule has 3 nitrogen and oxygen atoms in total. The van der Waals surface area contributed by atoms with Crippen molar-refractivity contribution in [2.45, 2.75) is 25.3 Å². The number of benzene rings is 2. The molecule has 0 aromatic heterocycles. The van der Waals surface area contributed by atoms with E-state index in [0.717, 1.165) is 24.6 Å². The second kappa shape index (κ2) is 5.37. The monoisotopic (exact) mass is 267 g/mol. The Morgan fingerprint density at radius 1 is 1.15 bits per heavy atom. The van der Waals surface area contributed by atoms with Crippen LogP contribution in [0.15, 0.2) is 48.6 Å². The maximum atomic E-state index is 12.3. The summed E-state index contributed by atoms with van der Waals surface area (Å²) in [6, 6.07) is 11.2. The van der Waals surface area contributed by atoms with Crippen LogP contribution in [0, 0.1) is 0 Å². The van der Waals surface area contributed by atoms with Crippen LogP contribution in [0.4, 0.5) is 0 Å². The van der Waals surface area contributed by atoms with E-state index in [-0.39, 0.29) is 17.7 Å². The Bertz CT molecular complexity index is 676. The molecule has 2 aromatic carbocycles. The molecule has 0 fully saturated rings. The van der Waals surface area contributed by atoms with Crippen molar-refractivity contribution in [3.63, 3.8) is 0 Å². The first-order chi connectivity index (χ1) is 9.75. The molecule has 1 aliphatic rings. The first-order valence-electron chi connectivity index (χ1n) is 6.92. The Morgan fingerprint density at radius 3 is 2.80 bits per heavy atom. The average molecular weight is 267 g/mol. The summed E-state index contributed by atoms with van der Waals surface area (Å²) >= 11 is 0. The molecule has 0 radical (unpaired) electrons. The number of aromatic hydroxyl groups is 1. The highest BCUT2D eigenvalue weighted by atomic mass is 16.3. The molecule has 3 heteroatoms. The Morgan fingerprint density at radius 2 is 2.00 bits per heavy atom. The number of phenols is 1. The summed E-state index contributed by atoms with van der Waals surface area (Å²) in [6.45, 7) is 0. The molecule has 1 aliphatic carbocycles. The van der Waals surface area contributed by atoms with Crippen LogP contribution >= 0.6 is 0 Å². The van der Waals surface area contributed by atoms with E-state index in [2.05, 4.69) is 17.5 Å². The van der Waals surface area contributed by atoms with Gasteiger partial charge in [0.2, 0.25) is 0 Å². The minimum Gasteiger partial charge on any atom is -0.506 e. The first kappa shape index (κ1) is 12.7. The molecular formula is C17H17NO2. The third-order valence-corrected chi connectivity index (χ3v) is 3.75. The largest absolute Gasteiger partial charge is 0.506 e. The van der Waals surface area contributed by atoms with Crippen molar-refractivity contribution in [1.29, 1.82) is 0 Å². The van der Waals surface area contributed by atoms with Gasteiger partial charge in [0.1, 0.15) is 5.75 Å². The second-order valence-corrected chi connectivity index (χ2v) is 5.14. The maximum Gasteiger partial charge on any atom is 0.255 e. The number of fused-ring (bicyclic) bond motifs is 1. The number of allylic oxidation sites excluding steroid dienone is 1. The molecule has 102 valence electrons. The quantitative estimate of drug-likeness (QED) is 0.819. The Balaban J connectivity index is 1.87. The molecular weight excluding hydrogens is 250 g/mol. The van der Waals surface area contributed by atoms with Gasteiger partial charge in [-0.1, -0.05) is 42.5 Å². The number of rotatable bonds is 2. The smallest absolute Gasteiger partial charge is 0.255 e. The van der Waals surface area contributed by atoms with Crippen molar-refractivity contribution in [2.75, 3.05) is 0 Å². The lowest BCUT2D eigenvalue weighted by atomic mass is 10.0. The third-order valence-electron chi connectivity index (χ3n) is 3.75. The first-order valence-corrected chi connectivity index (χ1v) is 6.92. The number of amides is 1. The minimum absolute atomic E-state index is 0.0620. The maximum absolute atomic E-state index is 12.3. The second-order valence-electron chi connectivity index (χ2n) is 5.14. The van der Waals surface area contributed by atoms with Crippen LogP contribution < -0.4 is 5.32 Å². The molecule has 1 amide bonds. The van der Waals surface area contributed by atoms with Gasteiger partial charge in [0.05, 0.1) is 5.56 Å². The van der Waals surface area contributed by atoms with E-state index in [4.69, 9.17) is 0 Å². The molecule has 1 atom stereocenters. The standard InChI is InChI=1S/C17H17NO2/c19-16-14-9-5-4-6-12(14)10-11-15(16)17(20)18-13-7-2-1-3-8-13/h1-2,4-6,9-11,13,19H,3,7-8H2,(H,18,20). The van der Waals surface area contributed by atoms with E-state index in [0.29, 0.717) is 10.9 Å². The minimum atomic E-state index is -0.200. The highest BCUT2D eigenvalue weighted by Crippen LogP contribution is 2.28. The molecule has 0 bridgehead atoms. The van der Waals surface area contributed by atoms with E-state index in [1.165, 1.54) is 0 Å². The van der Waals surface area contributed by atoms with Gasteiger partial charge in [-0.25, -0.2) is 0 Å². The molecule has 2 N–H and O–H groups in total. The molecule has 0 spiro atoms. The fraction of sp³-hybridized carbons (Fsp3) is 0.235. The van der Waals surface area contributed by atoms with Crippen molar-refractivity contribution < 1.29 is 9.90 Å². The summed E-state index contributed by atoms with van der Waals surface area (Å²) in [5, 5.41) is 14.9. The van der Waals surface area contributed by atoms with E-state index >= 15 is 0 Å². The summed E-state index contributed by atoms with van der Waals surface area (Å²) in [5.74, 6) is -0.138. The van der Waals surface area contributed by atoms with E-state index < -0.39 is 0 Å². The summed E-state index contributed by atoms with van der Waals surface area (Å²) in [6.07, 6.45) is 7.04. The third kappa shape index (κ3) is 2.39. The Kier molecular flexibility index (Phi) is 3.42. The number of phenolic OH excluding ortho intramolecular Hbond substituents is 1. The zero-order chi connectivity index (χ0) is 13.9. The van der Waals surface area contributed by atoms with Gasteiger partial charge < -0.3 is 10.4 Å². The van der Waals surface area contributed by atoms with E-state index in [1.807, 2.05) is 30.3 Å². The lowest BCUT2D eigenvalue weighted by Crippen LogP contribution is -2.35. The molecule has 0 saturated carbocycles. The fourth-order valence-electron chi connectivity index (χ4n) is 2.63. The predicted molar refractivity (Wildman–Crippen MR) is 79.9 cm³/mol. The molecule has 20 heavy (non-hydrogen) atoms. The van der Waals surface area contributed by atoms with Crippen molar-refractivity contribution in [3.8, 4) is 5.75 Å². The van der Waals surface area contributed by atoms with Crippen molar-refractivity contribution in [3.05, 3.63) is 54.1 Å². The Labute approximate surface area is 117 Å². The number of hydrogen-bond donors (Lipinski definition) is 2. The topological polar surface area (TPSA) is 49.3 Å². The van der Waals surface area contributed by atoms with Gasteiger partial charge in [-0.15, -0.1) is 0 Å². The van der Waals surface area contributed by atoms with Gasteiger partial charge in [0.25, 0.3) is 5.91 Å². The molecule has 0 saturated heterocycles. The summed E-state index contributed by atoms with van der Waals surface area (Å²) < 4.78 is 0. The average Bonchev–Trinajstić information content (AvgIpc) is 2.49. The lowest BCUT2D eigenvalue weighted by molar-refractivity contribution is 0.0932. The van der Waals surface area contributed by atoms with Crippen LogP contribution in [-0.2, 0) is 0 Å². The van der Waals surface area contributed by atoms with Crippen LogP contribution in [0.1, 0.15) is 29.6 Å². The molecule has 2 aromatic rings. The lowest BCUT2D eigenvalue weighted by Gasteiger charge is -2.19. The highest BCUT2D eigenvalue weighted by molar-refractivity contribution is 6.03. The van der Waals surface area contributed by atoms with Crippen LogP contribution in [0.5, 0.6) is 5.75 Å². The molecule has 0 aliphatic heterocycles. The van der Waals surface area contributed by atoms with Crippen LogP contribution in [-0.4, -0.2) is 17.1 Å². The summed E-state index contributed by atoms with van der Waals surface area (Å²) in [4.78, 5) is 12.3. The number of hydrogen-bond acceptors (Lipinski definition) is 2. The number of carbonyl (C=O) groups is 1. The van der Waals surface area contributed by atoms with Crippen LogP contribution in [0.2, 0.25) is 0 Å². The predicted octanol–water partition coefficient (Wildman–Crippen LogP) is 3.38. The van der Waals surface area contributed by atoms with Gasteiger partial charge in [0.15, 0.2) is 0 Å². The molecule has 0 heterocycles. The molecule has 1 unspecified atom stereocenters. The van der Waals surface area contributed by atoms with E-state index in [1.54, 1.807) is 6.07 Å². The van der Waals surface area contributed by atoms with Crippen LogP contribution in [0.25, 0.3) is 10.8 Å². The highest BCUT2D eigenvalue weighted by Gasteiger charge is 2.17. The molecule has 3 rings (SSSR count). The number of nitrogens with one attached hydrogen (secondary N) is 1. The van der Waals surface area contributed by atoms with Gasteiger partial charge in [0, 0.05) is 11.4 Å². The van der Waals surface area contributed by atoms with Crippen molar-refractivity contribution in [2.24, 2.45) is 0 Å². The van der Waals surface area contributed by atoms with Crippen molar-refractivity contribution >= 4 is 16.7 Å². The summed E-state index contributed by atoms with van der Waals surface area (Å²) in [5.41, 5.74) is 0.346. The van der Waals surface area contributed by atoms with Gasteiger partial charge in [-0.05, 0) is 30.7 Å².